The van der Waals surface area contributed by atoms with Crippen molar-refractivity contribution < 1.29 is 14.3 Å². The first-order valence-electron chi connectivity index (χ1n) is 5.32. The molecule has 0 aromatic rings. The van der Waals surface area contributed by atoms with Gasteiger partial charge in [-0.05, 0) is 17.7 Å². The van der Waals surface area contributed by atoms with E-state index in [1.54, 1.807) is 13.2 Å². The number of carbonyl (C=O) groups excluding carboxylic acids is 1. The molecule has 16 heavy (non-hydrogen) atoms. The van der Waals surface area contributed by atoms with Gasteiger partial charge >= 0.3 is 5.97 Å². The minimum Gasteiger partial charge on any atom is -0.466 e. The van der Waals surface area contributed by atoms with Crippen LogP contribution in [0.25, 0.3) is 0 Å². The molecular formula is C12H20O3Si. The third-order valence-electron chi connectivity index (χ3n) is 2.81. The van der Waals surface area contributed by atoms with Crippen molar-refractivity contribution >= 4 is 14.0 Å². The van der Waals surface area contributed by atoms with Gasteiger partial charge in [0.25, 0.3) is 0 Å². The molecular weight excluding hydrogens is 220 g/mol. The molecule has 0 fully saturated rings. The Morgan fingerprint density at radius 1 is 1.44 bits per heavy atom. The molecule has 0 aliphatic heterocycles. The van der Waals surface area contributed by atoms with E-state index in [2.05, 4.69) is 26.2 Å². The van der Waals surface area contributed by atoms with E-state index in [-0.39, 0.29) is 5.97 Å². The topological polar surface area (TPSA) is 35.5 Å². The predicted molar refractivity (Wildman–Crippen MR) is 67.1 cm³/mol. The van der Waals surface area contributed by atoms with Crippen LogP contribution >= 0.6 is 0 Å². The zero-order chi connectivity index (χ0) is 12.6. The van der Waals surface area contributed by atoms with E-state index in [4.69, 9.17) is 9.47 Å². The van der Waals surface area contributed by atoms with Crippen LogP contribution < -0.4 is 0 Å². The molecule has 0 heterocycles. The van der Waals surface area contributed by atoms with Gasteiger partial charge in [0, 0.05) is 15.2 Å². The molecule has 0 amide bonds. The van der Waals surface area contributed by atoms with Gasteiger partial charge in [-0.25, -0.2) is 4.79 Å². The average Bonchev–Trinajstić information content (AvgIpc) is 2.19. The first-order chi connectivity index (χ1) is 7.27. The fourth-order valence-corrected chi connectivity index (χ4v) is 4.16. The highest BCUT2D eigenvalue weighted by Gasteiger charge is 2.49. The molecule has 1 aliphatic carbocycles. The van der Waals surface area contributed by atoms with E-state index in [9.17, 15) is 4.79 Å². The second kappa shape index (κ2) is 4.18. The van der Waals surface area contributed by atoms with Crippen molar-refractivity contribution in [3.8, 4) is 0 Å². The van der Waals surface area contributed by atoms with Crippen molar-refractivity contribution in [3.63, 3.8) is 0 Å². The summed E-state index contributed by atoms with van der Waals surface area (Å²) in [5.74, 6) is -0.312. The number of ether oxygens (including phenoxy) is 2. The van der Waals surface area contributed by atoms with Gasteiger partial charge in [-0.3, -0.25) is 0 Å². The second-order valence-corrected chi connectivity index (χ2v) is 10.8. The quantitative estimate of drug-likeness (QED) is 0.559. The van der Waals surface area contributed by atoms with Gasteiger partial charge in [-0.1, -0.05) is 26.2 Å². The number of carbonyl (C=O) groups is 1. The number of methoxy groups -OCH3 is 2. The molecule has 1 unspecified atom stereocenters. The van der Waals surface area contributed by atoms with E-state index in [0.717, 1.165) is 11.6 Å². The van der Waals surface area contributed by atoms with Crippen molar-refractivity contribution in [2.75, 3.05) is 14.2 Å². The minimum absolute atomic E-state index is 0.312. The van der Waals surface area contributed by atoms with Gasteiger partial charge in [-0.2, -0.15) is 0 Å². The Bertz CT molecular complexity index is 352. The summed E-state index contributed by atoms with van der Waals surface area (Å²) >= 11 is 0. The monoisotopic (exact) mass is 240 g/mol. The van der Waals surface area contributed by atoms with Crippen molar-refractivity contribution in [2.45, 2.75) is 31.3 Å². The molecule has 1 atom stereocenters. The SMILES string of the molecule is C=C1C=C(C(=O)OC)C1(C[Si](C)(C)C)OC. The van der Waals surface area contributed by atoms with Crippen LogP contribution in [0, 0.1) is 0 Å². The van der Waals surface area contributed by atoms with Crippen LogP contribution in [-0.4, -0.2) is 33.9 Å². The standard InChI is InChI=1S/C12H20O3Si/c1-9-7-10(11(13)14-2)12(9,15-3)8-16(4,5)6/h7H,1,8H2,2-6H3. The molecule has 0 N–H and O–H groups in total. The molecule has 1 rings (SSSR count). The fourth-order valence-electron chi connectivity index (χ4n) is 2.11. The lowest BCUT2D eigenvalue weighted by atomic mass is 9.77. The molecule has 4 heteroatoms. The smallest absolute Gasteiger partial charge is 0.337 e. The molecule has 1 aliphatic rings. The zero-order valence-electron chi connectivity index (χ0n) is 10.7. The van der Waals surface area contributed by atoms with Crippen molar-refractivity contribution in [1.82, 2.24) is 0 Å². The van der Waals surface area contributed by atoms with Crippen LogP contribution in [0.1, 0.15) is 0 Å². The fraction of sp³-hybridized carbons (Fsp3) is 0.583. The highest BCUT2D eigenvalue weighted by molar-refractivity contribution is 6.76. The molecule has 0 radical (unpaired) electrons. The van der Waals surface area contributed by atoms with Gasteiger partial charge in [0.2, 0.25) is 0 Å². The molecule has 3 nitrogen and oxygen atoms in total. The largest absolute Gasteiger partial charge is 0.466 e. The third kappa shape index (κ3) is 2.13. The van der Waals surface area contributed by atoms with Crippen LogP contribution in [0.5, 0.6) is 0 Å². The molecule has 0 aromatic heterocycles. The Labute approximate surface area is 98.1 Å². The summed E-state index contributed by atoms with van der Waals surface area (Å²) in [7, 11) is 1.65. The van der Waals surface area contributed by atoms with E-state index >= 15 is 0 Å². The average molecular weight is 240 g/mol. The van der Waals surface area contributed by atoms with E-state index < -0.39 is 13.7 Å². The molecule has 90 valence electrons. The summed E-state index contributed by atoms with van der Waals surface area (Å²) in [6.07, 6.45) is 1.76. The summed E-state index contributed by atoms with van der Waals surface area (Å²) < 4.78 is 10.3. The lowest BCUT2D eigenvalue weighted by Crippen LogP contribution is -2.49. The van der Waals surface area contributed by atoms with Crippen LogP contribution in [0.15, 0.2) is 23.8 Å². The molecule has 0 saturated heterocycles. The van der Waals surface area contributed by atoms with Gasteiger partial charge in [0.15, 0.2) is 0 Å². The van der Waals surface area contributed by atoms with Crippen LogP contribution in [-0.2, 0) is 14.3 Å². The molecule has 0 saturated carbocycles. The highest BCUT2D eigenvalue weighted by Crippen LogP contribution is 2.45. The van der Waals surface area contributed by atoms with E-state index in [1.165, 1.54) is 7.11 Å². The first-order valence-corrected chi connectivity index (χ1v) is 9.02. The van der Waals surface area contributed by atoms with Gasteiger partial charge in [-0.15, -0.1) is 0 Å². The van der Waals surface area contributed by atoms with Crippen LogP contribution in [0.3, 0.4) is 0 Å². The normalized spacial score (nSPS) is 24.8. The van der Waals surface area contributed by atoms with Crippen molar-refractivity contribution in [2.24, 2.45) is 0 Å². The first kappa shape index (κ1) is 13.2. The van der Waals surface area contributed by atoms with Gasteiger partial charge < -0.3 is 9.47 Å². The maximum absolute atomic E-state index is 11.6. The lowest BCUT2D eigenvalue weighted by Gasteiger charge is -2.44. The van der Waals surface area contributed by atoms with Crippen molar-refractivity contribution in [1.29, 1.82) is 0 Å². The lowest BCUT2D eigenvalue weighted by molar-refractivity contribution is -0.139. The maximum atomic E-state index is 11.6. The Kier molecular flexibility index (Phi) is 3.45. The zero-order valence-corrected chi connectivity index (χ0v) is 11.7. The Morgan fingerprint density at radius 2 is 2.00 bits per heavy atom. The molecule has 0 aromatic carbocycles. The number of hydrogen-bond donors (Lipinski definition) is 0. The number of hydrogen-bond acceptors (Lipinski definition) is 3. The highest BCUT2D eigenvalue weighted by atomic mass is 28.3. The third-order valence-corrected chi connectivity index (χ3v) is 4.36. The summed E-state index contributed by atoms with van der Waals surface area (Å²) in [6, 6.07) is 0.857. The molecule has 0 spiro atoms. The van der Waals surface area contributed by atoms with Crippen LogP contribution in [0.4, 0.5) is 0 Å². The maximum Gasteiger partial charge on any atom is 0.337 e. The molecule has 0 bridgehead atoms. The summed E-state index contributed by atoms with van der Waals surface area (Å²) in [6.45, 7) is 10.7. The van der Waals surface area contributed by atoms with Gasteiger partial charge in [0.1, 0.15) is 5.60 Å². The summed E-state index contributed by atoms with van der Waals surface area (Å²) in [5.41, 5.74) is 0.875. The van der Waals surface area contributed by atoms with E-state index in [0.29, 0.717) is 5.57 Å². The summed E-state index contributed by atoms with van der Waals surface area (Å²) in [5, 5.41) is 0. The number of rotatable bonds is 4. The van der Waals surface area contributed by atoms with Gasteiger partial charge in [0.05, 0.1) is 12.7 Å². The summed E-state index contributed by atoms with van der Waals surface area (Å²) in [4.78, 5) is 11.6. The second-order valence-electron chi connectivity index (χ2n) is 5.34. The van der Waals surface area contributed by atoms with Crippen LogP contribution in [0.2, 0.25) is 25.7 Å². The predicted octanol–water partition coefficient (Wildman–Crippen LogP) is 2.38. The Morgan fingerprint density at radius 3 is 2.31 bits per heavy atom. The number of esters is 1. The van der Waals surface area contributed by atoms with E-state index in [1.807, 2.05) is 0 Å². The Balaban J connectivity index is 3.02. The minimum atomic E-state index is -1.36. The Hall–Kier alpha value is -0.873. The van der Waals surface area contributed by atoms with Crippen molar-refractivity contribution in [3.05, 3.63) is 23.8 Å².